The molecule has 0 saturated heterocycles. The van der Waals surface area contributed by atoms with E-state index in [1.165, 1.54) is 16.4 Å². The second-order valence-electron chi connectivity index (χ2n) is 6.28. The van der Waals surface area contributed by atoms with Crippen LogP contribution >= 0.6 is 8.81 Å². The maximum Gasteiger partial charge on any atom is 0.126 e. The summed E-state index contributed by atoms with van der Waals surface area (Å²) in [5.74, 6) is 1.47. The van der Waals surface area contributed by atoms with E-state index < -0.39 is 0 Å². The van der Waals surface area contributed by atoms with Gasteiger partial charge in [0.05, 0.1) is 0 Å². The van der Waals surface area contributed by atoms with Gasteiger partial charge in [0.15, 0.2) is 0 Å². The summed E-state index contributed by atoms with van der Waals surface area (Å²) in [6, 6.07) is 6.26. The molecule has 0 bridgehead atoms. The van der Waals surface area contributed by atoms with E-state index in [1.807, 2.05) is 0 Å². The molecule has 0 N–H and O–H groups in total. The van der Waals surface area contributed by atoms with Crippen LogP contribution in [0.25, 0.3) is 0 Å². The van der Waals surface area contributed by atoms with Gasteiger partial charge in [0, 0.05) is 5.41 Å². The minimum Gasteiger partial charge on any atom is -0.472 e. The third-order valence-corrected chi connectivity index (χ3v) is 5.83. The fourth-order valence-electron chi connectivity index (χ4n) is 2.63. The molecule has 0 radical (unpaired) electrons. The largest absolute Gasteiger partial charge is 0.472 e. The molecule has 3 unspecified atom stereocenters. The second kappa shape index (κ2) is 7.29. The van der Waals surface area contributed by atoms with Gasteiger partial charge in [-0.05, 0) is 48.7 Å². The van der Waals surface area contributed by atoms with E-state index in [4.69, 9.17) is 4.52 Å². The van der Waals surface area contributed by atoms with Crippen LogP contribution in [0, 0.1) is 25.2 Å². The summed E-state index contributed by atoms with van der Waals surface area (Å²) in [4.78, 5) is 0. The summed E-state index contributed by atoms with van der Waals surface area (Å²) < 4.78 is 6.13. The number of aryl methyl sites for hydroxylation is 1. The average molecular weight is 314 g/mol. The Hall–Kier alpha value is -1.33. The van der Waals surface area contributed by atoms with Gasteiger partial charge in [0.2, 0.25) is 0 Å². The van der Waals surface area contributed by atoms with E-state index >= 15 is 0 Å². The smallest absolute Gasteiger partial charge is 0.126 e. The van der Waals surface area contributed by atoms with Crippen molar-refractivity contribution in [3.8, 4) is 5.75 Å². The van der Waals surface area contributed by atoms with Crippen LogP contribution in [0.15, 0.2) is 53.9 Å². The van der Waals surface area contributed by atoms with Crippen LogP contribution in [0.1, 0.15) is 38.3 Å². The molecule has 0 aromatic heterocycles. The Morgan fingerprint density at radius 3 is 2.82 bits per heavy atom. The van der Waals surface area contributed by atoms with Gasteiger partial charge in [0.25, 0.3) is 0 Å². The molecular formula is C20H27OP. The lowest BCUT2D eigenvalue weighted by atomic mass is 9.75. The Kier molecular flexibility index (Phi) is 5.64. The second-order valence-corrected chi connectivity index (χ2v) is 7.27. The lowest BCUT2D eigenvalue weighted by Crippen LogP contribution is -2.23. The minimum atomic E-state index is 0.0953. The molecule has 0 amide bonds. The molecular weight excluding hydrogens is 287 g/mol. The van der Waals surface area contributed by atoms with Crippen LogP contribution in [0.4, 0.5) is 0 Å². The molecule has 0 spiro atoms. The molecule has 1 aromatic carbocycles. The van der Waals surface area contributed by atoms with Crippen LogP contribution < -0.4 is 4.52 Å². The van der Waals surface area contributed by atoms with Gasteiger partial charge < -0.3 is 4.52 Å². The summed E-state index contributed by atoms with van der Waals surface area (Å²) in [6.45, 7) is 11.0. The molecule has 3 atom stereocenters. The van der Waals surface area contributed by atoms with Gasteiger partial charge in [0.1, 0.15) is 14.6 Å². The Bertz CT molecular complexity index is 612. The molecule has 0 aliphatic heterocycles. The molecule has 118 valence electrons. The molecule has 1 nitrogen and oxygen atoms in total. The third kappa shape index (κ3) is 3.70. The van der Waals surface area contributed by atoms with E-state index in [2.05, 4.69) is 83.2 Å². The zero-order valence-electron chi connectivity index (χ0n) is 14.3. The Labute approximate surface area is 137 Å². The quantitative estimate of drug-likeness (QED) is 0.455. The van der Waals surface area contributed by atoms with Gasteiger partial charge >= 0.3 is 0 Å². The van der Waals surface area contributed by atoms with E-state index in [0.29, 0.717) is 14.7 Å². The van der Waals surface area contributed by atoms with Crippen molar-refractivity contribution in [1.29, 1.82) is 0 Å². The number of rotatable bonds is 5. The Morgan fingerprint density at radius 2 is 2.09 bits per heavy atom. The highest BCUT2D eigenvalue weighted by Crippen LogP contribution is 2.46. The van der Waals surface area contributed by atoms with Crippen LogP contribution in [0.2, 0.25) is 0 Å². The molecule has 1 aliphatic rings. The highest BCUT2D eigenvalue weighted by molar-refractivity contribution is 7.38. The molecule has 1 aromatic rings. The van der Waals surface area contributed by atoms with E-state index in [1.54, 1.807) is 0 Å². The van der Waals surface area contributed by atoms with E-state index in [0.717, 1.165) is 12.2 Å². The summed E-state index contributed by atoms with van der Waals surface area (Å²) in [6.07, 6.45) is 12.4. The first-order chi connectivity index (χ1) is 10.5. The van der Waals surface area contributed by atoms with Gasteiger partial charge in [-0.2, -0.15) is 0 Å². The third-order valence-electron chi connectivity index (χ3n) is 4.68. The highest BCUT2D eigenvalue weighted by atomic mass is 31.1. The zero-order valence-corrected chi connectivity index (χ0v) is 15.3. The minimum absolute atomic E-state index is 0.0953. The van der Waals surface area contributed by atoms with E-state index in [9.17, 15) is 0 Å². The normalized spacial score (nSPS) is 25.1. The first-order valence-electron chi connectivity index (χ1n) is 8.04. The topological polar surface area (TPSA) is 9.23 Å². The van der Waals surface area contributed by atoms with Crippen LogP contribution in [-0.2, 0) is 0 Å². The summed E-state index contributed by atoms with van der Waals surface area (Å²) >= 11 is 0. The average Bonchev–Trinajstić information content (AvgIpc) is 2.51. The van der Waals surface area contributed by atoms with Crippen LogP contribution in [0.3, 0.4) is 0 Å². The summed E-state index contributed by atoms with van der Waals surface area (Å²) in [5, 5.41) is 1.38. The summed E-state index contributed by atoms with van der Waals surface area (Å²) in [7, 11) is 0.380. The Balaban J connectivity index is 2.10. The number of hydrogen-bond donors (Lipinski definition) is 0. The van der Waals surface area contributed by atoms with E-state index in [-0.39, 0.29) is 5.41 Å². The zero-order chi connectivity index (χ0) is 16.2. The fraction of sp³-hybridized carbons (Fsp3) is 0.400. The molecule has 0 heterocycles. The molecule has 2 heteroatoms. The lowest BCUT2D eigenvalue weighted by molar-refractivity contribution is 0.408. The molecule has 2 rings (SSSR count). The number of allylic oxidation sites excluding steroid dienone is 6. The number of hydrogen-bond acceptors (Lipinski definition) is 1. The Morgan fingerprint density at radius 1 is 1.32 bits per heavy atom. The van der Waals surface area contributed by atoms with Crippen molar-refractivity contribution in [2.24, 2.45) is 11.3 Å². The predicted octanol–water partition coefficient (Wildman–Crippen LogP) is 6.34. The maximum absolute atomic E-state index is 6.13. The molecule has 1 aliphatic carbocycles. The lowest BCUT2D eigenvalue weighted by Gasteiger charge is -2.34. The van der Waals surface area contributed by atoms with Crippen molar-refractivity contribution >= 4 is 8.81 Å². The first-order valence-corrected chi connectivity index (χ1v) is 8.95. The van der Waals surface area contributed by atoms with Crippen molar-refractivity contribution in [2.75, 3.05) is 0 Å². The van der Waals surface area contributed by atoms with Crippen LogP contribution in [0.5, 0.6) is 5.75 Å². The monoisotopic (exact) mass is 314 g/mol. The van der Waals surface area contributed by atoms with Gasteiger partial charge in [-0.1, -0.05) is 63.3 Å². The SMILES string of the molecule is CCC=CC1(C)C=CC=C(POc2cccc(C)c2C)C1C. The van der Waals surface area contributed by atoms with Gasteiger partial charge in [-0.15, -0.1) is 0 Å². The van der Waals surface area contributed by atoms with Crippen molar-refractivity contribution in [2.45, 2.75) is 41.0 Å². The molecule has 22 heavy (non-hydrogen) atoms. The number of benzene rings is 1. The van der Waals surface area contributed by atoms with Crippen molar-refractivity contribution in [3.05, 3.63) is 65.0 Å². The summed E-state index contributed by atoms with van der Waals surface area (Å²) in [5.41, 5.74) is 2.62. The van der Waals surface area contributed by atoms with Gasteiger partial charge in [-0.25, -0.2) is 0 Å². The molecule has 0 fully saturated rings. The van der Waals surface area contributed by atoms with Crippen molar-refractivity contribution in [3.63, 3.8) is 0 Å². The van der Waals surface area contributed by atoms with Crippen molar-refractivity contribution < 1.29 is 4.52 Å². The predicted molar refractivity (Wildman–Crippen MR) is 98.8 cm³/mol. The van der Waals surface area contributed by atoms with Crippen LogP contribution in [-0.4, -0.2) is 0 Å². The van der Waals surface area contributed by atoms with Crippen molar-refractivity contribution in [1.82, 2.24) is 0 Å². The fourth-order valence-corrected chi connectivity index (χ4v) is 3.73. The highest BCUT2D eigenvalue weighted by Gasteiger charge is 2.30. The first kappa shape index (κ1) is 17.0. The molecule has 0 saturated carbocycles. The maximum atomic E-state index is 6.13. The standard InChI is InChI=1S/C20H27OP/c1-6-7-13-20(5)14-9-12-19(17(20)4)22-21-18-11-8-10-15(2)16(18)3/h7-14,17,22H,6H2,1-5H3. The van der Waals surface area contributed by atoms with Gasteiger partial charge in [-0.3, -0.25) is 0 Å².